The third-order valence-corrected chi connectivity index (χ3v) is 24.4. The predicted octanol–water partition coefficient (Wildman–Crippen LogP) is 5.17. The molecule has 1 aromatic rings. The van der Waals surface area contributed by atoms with E-state index in [1.54, 1.807) is 5.56 Å². The summed E-state index contributed by atoms with van der Waals surface area (Å²) in [6.45, 7) is 11.4. The van der Waals surface area contributed by atoms with Crippen molar-refractivity contribution in [3.8, 4) is 0 Å². The van der Waals surface area contributed by atoms with Crippen molar-refractivity contribution in [3.05, 3.63) is 42.0 Å². The van der Waals surface area contributed by atoms with Gasteiger partial charge in [0.05, 0.1) is 0 Å². The van der Waals surface area contributed by atoms with Crippen LogP contribution in [0.2, 0.25) is 34.5 Å². The van der Waals surface area contributed by atoms with Gasteiger partial charge in [0.2, 0.25) is 0 Å². The summed E-state index contributed by atoms with van der Waals surface area (Å²) in [6.07, 6.45) is 1.92. The van der Waals surface area contributed by atoms with E-state index in [0.717, 1.165) is 3.56 Å². The van der Waals surface area contributed by atoms with Crippen LogP contribution >= 0.6 is 0 Å². The molecule has 94 valence electrons. The van der Waals surface area contributed by atoms with E-state index in [1.807, 2.05) is 6.08 Å². The average Bonchev–Trinajstić information content (AvgIpc) is 2.14. The molecule has 1 atom stereocenters. The van der Waals surface area contributed by atoms with E-state index in [-0.39, 0.29) is 0 Å². The molecule has 0 saturated heterocycles. The third kappa shape index (κ3) is 3.99. The normalized spacial score (nSPS) is 14.5. The molecule has 1 unspecified atom stereocenters. The molecular weight excluding hydrogens is 327 g/mol. The van der Waals surface area contributed by atoms with E-state index in [0.29, 0.717) is 0 Å². The maximum atomic E-state index is 3.82. The zero-order valence-electron chi connectivity index (χ0n) is 12.2. The fraction of sp³-hybridized carbons (Fsp3) is 0.467. The average molecular weight is 353 g/mol. The Balaban J connectivity index is 3.19. The second-order valence-corrected chi connectivity index (χ2v) is 29.1. The van der Waals surface area contributed by atoms with Gasteiger partial charge in [-0.05, 0) is 0 Å². The third-order valence-electron chi connectivity index (χ3n) is 3.24. The van der Waals surface area contributed by atoms with E-state index in [2.05, 4.69) is 65.3 Å². The second-order valence-electron chi connectivity index (χ2n) is 7.04. The Morgan fingerprint density at radius 3 is 1.82 bits per heavy atom. The van der Waals surface area contributed by atoms with Crippen LogP contribution in [0.3, 0.4) is 0 Å². The first kappa shape index (κ1) is 15.0. The van der Waals surface area contributed by atoms with Crippen molar-refractivity contribution in [2.24, 2.45) is 0 Å². The molecule has 0 aliphatic rings. The Morgan fingerprint density at radius 1 is 1.06 bits per heavy atom. The standard InChI is InChI=1S/C12H17Si.3CH3.Sn/c1-5-11-6-8-12(9-7-11)10-13(2,3)4;;;;/h5-10H,1H2,2-4H3;3*1H3;. The molecule has 0 aliphatic carbocycles. The Labute approximate surface area is 112 Å². The van der Waals surface area contributed by atoms with Crippen LogP contribution in [-0.2, 0) is 0 Å². The second kappa shape index (κ2) is 5.31. The first-order chi connectivity index (χ1) is 7.66. The summed E-state index contributed by atoms with van der Waals surface area (Å²) in [4.78, 5) is 7.71. The molecule has 0 amide bonds. The van der Waals surface area contributed by atoms with Crippen LogP contribution in [0.4, 0.5) is 0 Å². The van der Waals surface area contributed by atoms with E-state index >= 15 is 0 Å². The fourth-order valence-electron chi connectivity index (χ4n) is 3.12. The molecule has 1 aromatic carbocycles. The topological polar surface area (TPSA) is 0 Å². The molecule has 0 fully saturated rings. The quantitative estimate of drug-likeness (QED) is 0.656. The van der Waals surface area contributed by atoms with Gasteiger partial charge < -0.3 is 0 Å². The zero-order valence-corrected chi connectivity index (χ0v) is 16.0. The number of hydrogen-bond donors (Lipinski definition) is 0. The van der Waals surface area contributed by atoms with Crippen LogP contribution < -0.4 is 0 Å². The predicted molar refractivity (Wildman–Crippen MR) is 86.0 cm³/mol. The van der Waals surface area contributed by atoms with Gasteiger partial charge in [0.25, 0.3) is 0 Å². The van der Waals surface area contributed by atoms with Gasteiger partial charge in [-0.15, -0.1) is 0 Å². The Bertz CT molecular complexity index is 365. The molecule has 0 saturated carbocycles. The molecule has 0 radical (unpaired) electrons. The first-order valence-electron chi connectivity index (χ1n) is 6.38. The van der Waals surface area contributed by atoms with Crippen molar-refractivity contribution in [1.82, 2.24) is 0 Å². The van der Waals surface area contributed by atoms with E-state index < -0.39 is 26.5 Å². The van der Waals surface area contributed by atoms with Gasteiger partial charge in [-0.3, -0.25) is 0 Å². The number of rotatable bonds is 4. The molecule has 0 heterocycles. The molecule has 1 rings (SSSR count). The molecule has 0 nitrogen and oxygen atoms in total. The number of hydrogen-bond acceptors (Lipinski definition) is 0. The minimum absolute atomic E-state index is 0.899. The summed E-state index contributed by atoms with van der Waals surface area (Å²) in [5, 5.41) is 0. The van der Waals surface area contributed by atoms with E-state index in [9.17, 15) is 0 Å². The van der Waals surface area contributed by atoms with Crippen LogP contribution in [0.25, 0.3) is 6.08 Å². The van der Waals surface area contributed by atoms with Gasteiger partial charge in [0.15, 0.2) is 0 Å². The molecule has 0 aromatic heterocycles. The zero-order chi connectivity index (χ0) is 13.3. The van der Waals surface area contributed by atoms with Crippen molar-refractivity contribution in [2.75, 3.05) is 0 Å². The van der Waals surface area contributed by atoms with Gasteiger partial charge >= 0.3 is 113 Å². The van der Waals surface area contributed by atoms with Gasteiger partial charge in [-0.25, -0.2) is 0 Å². The van der Waals surface area contributed by atoms with Crippen molar-refractivity contribution >= 4 is 32.5 Å². The molecule has 17 heavy (non-hydrogen) atoms. The monoisotopic (exact) mass is 354 g/mol. The molecule has 0 spiro atoms. The van der Waals surface area contributed by atoms with Crippen molar-refractivity contribution < 1.29 is 0 Å². The van der Waals surface area contributed by atoms with Crippen molar-refractivity contribution in [3.63, 3.8) is 0 Å². The van der Waals surface area contributed by atoms with Gasteiger partial charge in [-0.2, -0.15) is 0 Å². The van der Waals surface area contributed by atoms with E-state index in [4.69, 9.17) is 0 Å². The van der Waals surface area contributed by atoms with Crippen LogP contribution in [0.1, 0.15) is 14.7 Å². The van der Waals surface area contributed by atoms with Crippen LogP contribution in [0.5, 0.6) is 0 Å². The van der Waals surface area contributed by atoms with Gasteiger partial charge in [-0.1, -0.05) is 0 Å². The summed E-state index contributed by atoms with van der Waals surface area (Å²) >= 11 is -1.92. The minimum atomic E-state index is -1.92. The molecular formula is C15H26SiSn. The summed E-state index contributed by atoms with van der Waals surface area (Å²) < 4.78 is 0.899. The molecule has 0 aliphatic heterocycles. The van der Waals surface area contributed by atoms with Gasteiger partial charge in [0.1, 0.15) is 0 Å². The maximum absolute atomic E-state index is 3.82. The van der Waals surface area contributed by atoms with Crippen molar-refractivity contribution in [1.29, 1.82) is 0 Å². The summed E-state index contributed by atoms with van der Waals surface area (Å²) in [7, 11) is -1.12. The van der Waals surface area contributed by atoms with E-state index in [1.165, 1.54) is 5.56 Å². The summed E-state index contributed by atoms with van der Waals surface area (Å²) in [6, 6.07) is 9.10. The van der Waals surface area contributed by atoms with Crippen LogP contribution in [0, 0.1) is 0 Å². The Kier molecular flexibility index (Phi) is 4.70. The molecule has 2 heteroatoms. The Morgan fingerprint density at radius 2 is 1.53 bits per heavy atom. The van der Waals surface area contributed by atoms with Crippen LogP contribution in [-0.4, -0.2) is 26.5 Å². The first-order valence-corrected chi connectivity index (χ1v) is 20.2. The fourth-order valence-corrected chi connectivity index (χ4v) is 32.6. The van der Waals surface area contributed by atoms with Crippen LogP contribution in [0.15, 0.2) is 30.8 Å². The summed E-state index contributed by atoms with van der Waals surface area (Å²) in [5.41, 5.74) is 2.81. The summed E-state index contributed by atoms with van der Waals surface area (Å²) in [5.74, 6) is 0. The molecule has 0 N–H and O–H groups in total. The number of benzene rings is 1. The Hall–Kier alpha value is -0.0244. The van der Waals surface area contributed by atoms with Crippen molar-refractivity contribution in [2.45, 2.75) is 38.0 Å². The van der Waals surface area contributed by atoms with Gasteiger partial charge in [0, 0.05) is 0 Å². The SMILES string of the molecule is C=Cc1ccc([CH]([Si](C)(C)C)[Sn]([CH3])([CH3])[CH3])cc1. The molecule has 0 bridgehead atoms.